The number of nitrogens with zero attached hydrogens (tertiary/aromatic N) is 1. The van der Waals surface area contributed by atoms with Crippen molar-refractivity contribution in [3.8, 4) is 5.75 Å². The van der Waals surface area contributed by atoms with Gasteiger partial charge in [-0.1, -0.05) is 12.1 Å². The highest BCUT2D eigenvalue weighted by Gasteiger charge is 2.34. The summed E-state index contributed by atoms with van der Waals surface area (Å²) in [4.78, 5) is 29.5. The van der Waals surface area contributed by atoms with Crippen LogP contribution in [-0.2, 0) is 12.7 Å². The molecule has 0 aliphatic rings. The number of aromatic hydroxyl groups is 1. The number of fused-ring (bicyclic) bond motifs is 1. The summed E-state index contributed by atoms with van der Waals surface area (Å²) in [7, 11) is 0. The molecule has 4 rings (SSSR count). The van der Waals surface area contributed by atoms with E-state index in [-0.39, 0.29) is 34.7 Å². The van der Waals surface area contributed by atoms with Crippen LogP contribution in [0.2, 0.25) is 0 Å². The van der Waals surface area contributed by atoms with Crippen molar-refractivity contribution < 1.29 is 18.3 Å². The SMILES string of the molecule is O=c1c(NCc2cccc(O)c2)c(Nc2ccc3nc(C(F)(F)F)[nH]c3c2)c1=O. The zero-order valence-corrected chi connectivity index (χ0v) is 14.6. The molecule has 1 heterocycles. The number of nitrogens with one attached hydrogen (secondary N) is 3. The molecule has 3 aromatic carbocycles. The quantitative estimate of drug-likeness (QED) is 0.382. The van der Waals surface area contributed by atoms with E-state index in [2.05, 4.69) is 20.6 Å². The minimum atomic E-state index is -4.60. The van der Waals surface area contributed by atoms with Crippen LogP contribution < -0.4 is 21.5 Å². The number of anilines is 3. The second kappa shape index (κ2) is 6.66. The molecule has 1 aromatic heterocycles. The van der Waals surface area contributed by atoms with Gasteiger partial charge in [-0.2, -0.15) is 13.2 Å². The van der Waals surface area contributed by atoms with Crippen LogP contribution in [0.4, 0.5) is 30.2 Å². The summed E-state index contributed by atoms with van der Waals surface area (Å²) in [6.45, 7) is 0.197. The predicted molar refractivity (Wildman–Crippen MR) is 101 cm³/mol. The Labute approximate surface area is 160 Å². The van der Waals surface area contributed by atoms with Gasteiger partial charge in [-0.25, -0.2) is 4.98 Å². The minimum Gasteiger partial charge on any atom is -0.508 e. The van der Waals surface area contributed by atoms with Crippen LogP contribution in [-0.4, -0.2) is 15.1 Å². The summed E-state index contributed by atoms with van der Waals surface area (Å²) >= 11 is 0. The molecule has 0 spiro atoms. The van der Waals surface area contributed by atoms with Gasteiger partial charge in [-0.15, -0.1) is 0 Å². The highest BCUT2D eigenvalue weighted by Crippen LogP contribution is 2.30. The van der Waals surface area contributed by atoms with E-state index < -0.39 is 22.9 Å². The van der Waals surface area contributed by atoms with E-state index in [1.54, 1.807) is 12.1 Å². The van der Waals surface area contributed by atoms with Crippen LogP contribution in [0.3, 0.4) is 0 Å². The molecule has 10 heteroatoms. The molecule has 0 saturated carbocycles. The number of H-pyrrole nitrogens is 1. The minimum absolute atomic E-state index is 0.0186. The van der Waals surface area contributed by atoms with Crippen molar-refractivity contribution in [2.45, 2.75) is 12.7 Å². The van der Waals surface area contributed by atoms with Crippen molar-refractivity contribution in [1.82, 2.24) is 9.97 Å². The third kappa shape index (κ3) is 3.51. The normalized spacial score (nSPS) is 11.8. The zero-order chi connectivity index (χ0) is 20.8. The van der Waals surface area contributed by atoms with Crippen molar-refractivity contribution in [3.63, 3.8) is 0 Å². The Morgan fingerprint density at radius 2 is 1.79 bits per heavy atom. The largest absolute Gasteiger partial charge is 0.508 e. The maximum atomic E-state index is 12.8. The first-order valence-electron chi connectivity index (χ1n) is 8.41. The molecular formula is C19H13F3N4O3. The second-order valence-electron chi connectivity index (χ2n) is 6.37. The zero-order valence-electron chi connectivity index (χ0n) is 14.6. The molecule has 0 fully saturated rings. The Morgan fingerprint density at radius 3 is 2.52 bits per heavy atom. The first-order valence-corrected chi connectivity index (χ1v) is 8.41. The molecule has 0 radical (unpaired) electrons. The third-order valence-electron chi connectivity index (χ3n) is 4.31. The molecule has 0 saturated heterocycles. The molecule has 7 nitrogen and oxygen atoms in total. The second-order valence-corrected chi connectivity index (χ2v) is 6.37. The fourth-order valence-electron chi connectivity index (χ4n) is 2.90. The molecule has 4 aromatic rings. The lowest BCUT2D eigenvalue weighted by atomic mass is 10.1. The highest BCUT2D eigenvalue weighted by molar-refractivity contribution is 5.84. The predicted octanol–water partition coefficient (Wildman–Crippen LogP) is 3.24. The van der Waals surface area contributed by atoms with E-state index in [0.717, 1.165) is 0 Å². The van der Waals surface area contributed by atoms with E-state index in [1.165, 1.54) is 30.3 Å². The summed E-state index contributed by atoms with van der Waals surface area (Å²) in [6, 6.07) is 10.6. The molecule has 0 aliphatic carbocycles. The lowest BCUT2D eigenvalue weighted by Gasteiger charge is -2.15. The topological polar surface area (TPSA) is 107 Å². The molecule has 29 heavy (non-hydrogen) atoms. The standard InChI is InChI=1S/C19H13F3N4O3/c20-19(21,22)18-25-12-5-4-10(7-13(12)26-18)24-15-14(16(28)17(15)29)23-8-9-2-1-3-11(27)6-9/h1-7,23-24,27H,8H2,(H,25,26). The first kappa shape index (κ1) is 18.5. The highest BCUT2D eigenvalue weighted by atomic mass is 19.4. The molecule has 0 amide bonds. The summed E-state index contributed by atoms with van der Waals surface area (Å²) < 4.78 is 38.3. The summed E-state index contributed by atoms with van der Waals surface area (Å²) in [5.74, 6) is -1.05. The van der Waals surface area contributed by atoms with E-state index >= 15 is 0 Å². The van der Waals surface area contributed by atoms with Gasteiger partial charge in [-0.3, -0.25) is 9.59 Å². The summed E-state index contributed by atoms with van der Waals surface area (Å²) in [6.07, 6.45) is -4.60. The lowest BCUT2D eigenvalue weighted by Crippen LogP contribution is -2.36. The Morgan fingerprint density at radius 1 is 1.03 bits per heavy atom. The summed E-state index contributed by atoms with van der Waals surface area (Å²) in [5.41, 5.74) is -0.0712. The monoisotopic (exact) mass is 402 g/mol. The number of alkyl halides is 3. The van der Waals surface area contributed by atoms with Crippen molar-refractivity contribution in [3.05, 3.63) is 74.3 Å². The van der Waals surface area contributed by atoms with Crippen molar-refractivity contribution in [2.75, 3.05) is 10.6 Å². The Balaban J connectivity index is 1.56. The maximum Gasteiger partial charge on any atom is 0.449 e. The fraction of sp³-hybridized carbons (Fsp3) is 0.105. The van der Waals surface area contributed by atoms with Gasteiger partial charge in [0.2, 0.25) is 5.82 Å². The molecule has 0 bridgehead atoms. The average Bonchev–Trinajstić information content (AvgIpc) is 3.11. The number of aromatic amines is 1. The van der Waals surface area contributed by atoms with Gasteiger partial charge < -0.3 is 20.7 Å². The number of halogens is 3. The molecule has 148 valence electrons. The molecule has 0 aliphatic heterocycles. The van der Waals surface area contributed by atoms with Gasteiger partial charge in [0.15, 0.2) is 0 Å². The maximum absolute atomic E-state index is 12.8. The fourth-order valence-corrected chi connectivity index (χ4v) is 2.90. The van der Waals surface area contributed by atoms with Crippen molar-refractivity contribution >= 4 is 28.1 Å². The van der Waals surface area contributed by atoms with Gasteiger partial charge in [0.25, 0.3) is 10.9 Å². The lowest BCUT2D eigenvalue weighted by molar-refractivity contribution is -0.144. The number of benzene rings is 2. The van der Waals surface area contributed by atoms with Crippen LogP contribution in [0, 0.1) is 0 Å². The average molecular weight is 402 g/mol. The van der Waals surface area contributed by atoms with Crippen LogP contribution >= 0.6 is 0 Å². The summed E-state index contributed by atoms with van der Waals surface area (Å²) in [5, 5.41) is 15.1. The van der Waals surface area contributed by atoms with E-state index in [9.17, 15) is 27.9 Å². The smallest absolute Gasteiger partial charge is 0.449 e. The van der Waals surface area contributed by atoms with E-state index in [1.807, 2.05) is 0 Å². The number of phenols is 1. The first-order chi connectivity index (χ1) is 13.7. The molecule has 4 N–H and O–H groups in total. The van der Waals surface area contributed by atoms with Crippen LogP contribution in [0.15, 0.2) is 52.1 Å². The van der Waals surface area contributed by atoms with Gasteiger partial charge in [0, 0.05) is 12.2 Å². The molecule has 0 atom stereocenters. The Kier molecular flexibility index (Phi) is 4.26. The van der Waals surface area contributed by atoms with Gasteiger partial charge >= 0.3 is 6.18 Å². The van der Waals surface area contributed by atoms with E-state index in [4.69, 9.17) is 0 Å². The Hall–Kier alpha value is -3.82. The van der Waals surface area contributed by atoms with Crippen LogP contribution in [0.25, 0.3) is 11.0 Å². The molecule has 0 unspecified atom stereocenters. The van der Waals surface area contributed by atoms with Gasteiger partial charge in [-0.05, 0) is 35.9 Å². The number of phenolic OH excluding ortho intramolecular Hbond substituents is 1. The van der Waals surface area contributed by atoms with Gasteiger partial charge in [0.05, 0.1) is 11.0 Å². The van der Waals surface area contributed by atoms with Crippen LogP contribution in [0.1, 0.15) is 11.4 Å². The number of imidazole rings is 1. The van der Waals surface area contributed by atoms with Crippen molar-refractivity contribution in [1.29, 1.82) is 0 Å². The molecular weight excluding hydrogens is 389 g/mol. The van der Waals surface area contributed by atoms with Gasteiger partial charge in [0.1, 0.15) is 17.1 Å². The number of rotatable bonds is 5. The third-order valence-corrected chi connectivity index (χ3v) is 4.31. The number of hydrogen-bond acceptors (Lipinski definition) is 6. The van der Waals surface area contributed by atoms with Crippen molar-refractivity contribution in [2.24, 2.45) is 0 Å². The van der Waals surface area contributed by atoms with E-state index in [0.29, 0.717) is 11.3 Å². The number of hydrogen-bond donors (Lipinski definition) is 4. The number of aromatic nitrogens is 2. The Bertz CT molecular complexity index is 1290. The van der Waals surface area contributed by atoms with Crippen LogP contribution in [0.5, 0.6) is 5.75 Å².